The number of benzene rings is 1. The molecule has 0 spiro atoms. The number of furan rings is 1. The Hall–Kier alpha value is -1.76. The van der Waals surface area contributed by atoms with Crippen molar-refractivity contribution in [1.82, 2.24) is 4.90 Å². The Morgan fingerprint density at radius 1 is 1.25 bits per heavy atom. The molecule has 0 saturated heterocycles. The smallest absolute Gasteiger partial charge is 0.488 e. The standard InChI is InChI=1S/C14H18BNO4/c1-16(8-11-5-6-20-10-11)9-12-7-13(15(17)18)3-4-14(12)19-2/h3-7,10,17-18H,8-9H2,1-2H3. The van der Waals surface area contributed by atoms with Crippen molar-refractivity contribution in [2.24, 2.45) is 0 Å². The van der Waals surface area contributed by atoms with Crippen LogP contribution in [-0.4, -0.2) is 36.2 Å². The van der Waals surface area contributed by atoms with Gasteiger partial charge in [-0.2, -0.15) is 0 Å². The predicted octanol–water partition coefficient (Wildman–Crippen LogP) is 0.600. The van der Waals surface area contributed by atoms with Crippen LogP contribution in [0.15, 0.2) is 41.2 Å². The van der Waals surface area contributed by atoms with Gasteiger partial charge in [0.05, 0.1) is 19.6 Å². The minimum Gasteiger partial charge on any atom is -0.496 e. The highest BCUT2D eigenvalue weighted by Crippen LogP contribution is 2.19. The Bertz CT molecular complexity index is 542. The van der Waals surface area contributed by atoms with E-state index in [4.69, 9.17) is 9.15 Å². The van der Waals surface area contributed by atoms with Gasteiger partial charge in [-0.25, -0.2) is 0 Å². The molecule has 0 atom stereocenters. The summed E-state index contributed by atoms with van der Waals surface area (Å²) >= 11 is 0. The largest absolute Gasteiger partial charge is 0.496 e. The molecule has 1 aromatic heterocycles. The zero-order chi connectivity index (χ0) is 14.5. The molecule has 6 heteroatoms. The lowest BCUT2D eigenvalue weighted by molar-refractivity contribution is 0.309. The van der Waals surface area contributed by atoms with Gasteiger partial charge in [-0.3, -0.25) is 4.90 Å². The van der Waals surface area contributed by atoms with E-state index in [1.165, 1.54) is 0 Å². The van der Waals surface area contributed by atoms with E-state index in [1.807, 2.05) is 13.1 Å². The second kappa shape index (κ2) is 6.61. The second-order valence-electron chi connectivity index (χ2n) is 4.75. The zero-order valence-electron chi connectivity index (χ0n) is 11.6. The normalized spacial score (nSPS) is 10.8. The maximum absolute atomic E-state index is 9.24. The molecule has 0 unspecified atom stereocenters. The van der Waals surface area contributed by atoms with E-state index in [1.54, 1.807) is 37.8 Å². The van der Waals surface area contributed by atoms with Crippen LogP contribution in [0, 0.1) is 0 Å². The summed E-state index contributed by atoms with van der Waals surface area (Å²) in [5, 5.41) is 18.5. The van der Waals surface area contributed by atoms with Crippen LogP contribution >= 0.6 is 0 Å². The molecule has 0 aliphatic heterocycles. The molecule has 2 rings (SSSR count). The summed E-state index contributed by atoms with van der Waals surface area (Å²) in [5.41, 5.74) is 2.45. The molecule has 2 N–H and O–H groups in total. The third kappa shape index (κ3) is 3.63. The molecule has 2 aromatic rings. The summed E-state index contributed by atoms with van der Waals surface area (Å²) in [4.78, 5) is 2.09. The van der Waals surface area contributed by atoms with E-state index in [-0.39, 0.29) is 0 Å². The lowest BCUT2D eigenvalue weighted by Gasteiger charge is -2.18. The third-order valence-electron chi connectivity index (χ3n) is 3.08. The van der Waals surface area contributed by atoms with Crippen molar-refractivity contribution in [2.45, 2.75) is 13.1 Å². The van der Waals surface area contributed by atoms with Gasteiger partial charge in [0.15, 0.2) is 0 Å². The first-order valence-corrected chi connectivity index (χ1v) is 6.32. The maximum atomic E-state index is 9.24. The molecule has 106 valence electrons. The van der Waals surface area contributed by atoms with Crippen molar-refractivity contribution >= 4 is 12.6 Å². The van der Waals surface area contributed by atoms with Crippen LogP contribution < -0.4 is 10.2 Å². The van der Waals surface area contributed by atoms with Gasteiger partial charge in [0.2, 0.25) is 0 Å². The molecule has 20 heavy (non-hydrogen) atoms. The topological polar surface area (TPSA) is 66.1 Å². The van der Waals surface area contributed by atoms with Gasteiger partial charge in [0.1, 0.15) is 5.75 Å². The molecule has 0 bridgehead atoms. The highest BCUT2D eigenvalue weighted by Gasteiger charge is 2.15. The summed E-state index contributed by atoms with van der Waals surface area (Å²) in [6.07, 6.45) is 3.36. The van der Waals surface area contributed by atoms with E-state index >= 15 is 0 Å². The van der Waals surface area contributed by atoms with Crippen molar-refractivity contribution in [3.05, 3.63) is 47.9 Å². The lowest BCUT2D eigenvalue weighted by Crippen LogP contribution is -2.30. The van der Waals surface area contributed by atoms with Crippen molar-refractivity contribution in [3.63, 3.8) is 0 Å². The molecular formula is C14H18BNO4. The third-order valence-corrected chi connectivity index (χ3v) is 3.08. The van der Waals surface area contributed by atoms with E-state index in [9.17, 15) is 10.0 Å². The van der Waals surface area contributed by atoms with Gasteiger partial charge in [0.25, 0.3) is 0 Å². The van der Waals surface area contributed by atoms with Crippen molar-refractivity contribution in [2.75, 3.05) is 14.2 Å². The van der Waals surface area contributed by atoms with Gasteiger partial charge >= 0.3 is 7.12 Å². The molecule has 1 aromatic carbocycles. The van der Waals surface area contributed by atoms with Gasteiger partial charge in [0, 0.05) is 24.2 Å². The van der Waals surface area contributed by atoms with Crippen LogP contribution in [0.5, 0.6) is 5.75 Å². The fourth-order valence-electron chi connectivity index (χ4n) is 2.12. The molecule has 5 nitrogen and oxygen atoms in total. The molecule has 0 aliphatic carbocycles. The average Bonchev–Trinajstić information content (AvgIpc) is 2.91. The highest BCUT2D eigenvalue weighted by atomic mass is 16.5. The van der Waals surface area contributed by atoms with Crippen molar-refractivity contribution in [3.8, 4) is 5.75 Å². The molecule has 0 fully saturated rings. The number of methoxy groups -OCH3 is 1. The second-order valence-corrected chi connectivity index (χ2v) is 4.75. The van der Waals surface area contributed by atoms with Crippen LogP contribution in [0.1, 0.15) is 11.1 Å². The Kier molecular flexibility index (Phi) is 4.84. The monoisotopic (exact) mass is 275 g/mol. The molecule has 0 aliphatic rings. The van der Waals surface area contributed by atoms with E-state index in [0.29, 0.717) is 12.0 Å². The summed E-state index contributed by atoms with van der Waals surface area (Å²) in [5.74, 6) is 0.730. The first-order chi connectivity index (χ1) is 9.60. The van der Waals surface area contributed by atoms with Gasteiger partial charge in [-0.05, 0) is 24.6 Å². The Morgan fingerprint density at radius 2 is 2.05 bits per heavy atom. The number of rotatable bonds is 6. The fourth-order valence-corrected chi connectivity index (χ4v) is 2.12. The van der Waals surface area contributed by atoms with Crippen LogP contribution in [0.3, 0.4) is 0 Å². The Balaban J connectivity index is 2.12. The number of hydrogen-bond donors (Lipinski definition) is 2. The highest BCUT2D eigenvalue weighted by molar-refractivity contribution is 6.58. The quantitative estimate of drug-likeness (QED) is 0.756. The molecule has 0 saturated carbocycles. The summed E-state index contributed by atoms with van der Waals surface area (Å²) in [7, 11) is 2.11. The zero-order valence-corrected chi connectivity index (χ0v) is 11.6. The predicted molar refractivity (Wildman–Crippen MR) is 76.7 cm³/mol. The number of hydrogen-bond acceptors (Lipinski definition) is 5. The molecule has 0 radical (unpaired) electrons. The van der Waals surface area contributed by atoms with Crippen LogP contribution in [-0.2, 0) is 13.1 Å². The lowest BCUT2D eigenvalue weighted by atomic mass is 9.79. The van der Waals surface area contributed by atoms with Crippen LogP contribution in [0.2, 0.25) is 0 Å². The summed E-state index contributed by atoms with van der Waals surface area (Å²) in [6, 6.07) is 7.05. The molecular weight excluding hydrogens is 257 g/mol. The Labute approximate surface area is 118 Å². The van der Waals surface area contributed by atoms with Crippen LogP contribution in [0.25, 0.3) is 0 Å². The number of ether oxygens (including phenoxy) is 1. The van der Waals surface area contributed by atoms with Crippen molar-refractivity contribution < 1.29 is 19.2 Å². The van der Waals surface area contributed by atoms with Gasteiger partial charge < -0.3 is 19.2 Å². The SMILES string of the molecule is COc1ccc(B(O)O)cc1CN(C)Cc1ccoc1. The number of nitrogens with zero attached hydrogens (tertiary/aromatic N) is 1. The van der Waals surface area contributed by atoms with Gasteiger partial charge in [-0.15, -0.1) is 0 Å². The molecule has 0 amide bonds. The first kappa shape index (κ1) is 14.6. The van der Waals surface area contributed by atoms with E-state index < -0.39 is 7.12 Å². The van der Waals surface area contributed by atoms with E-state index in [0.717, 1.165) is 23.4 Å². The van der Waals surface area contributed by atoms with Crippen LogP contribution in [0.4, 0.5) is 0 Å². The maximum Gasteiger partial charge on any atom is 0.488 e. The Morgan fingerprint density at radius 3 is 2.65 bits per heavy atom. The average molecular weight is 275 g/mol. The first-order valence-electron chi connectivity index (χ1n) is 6.32. The van der Waals surface area contributed by atoms with Gasteiger partial charge in [-0.1, -0.05) is 12.1 Å². The summed E-state index contributed by atoms with van der Waals surface area (Å²) < 4.78 is 10.4. The molecule has 1 heterocycles. The summed E-state index contributed by atoms with van der Waals surface area (Å²) in [6.45, 7) is 1.38. The minimum atomic E-state index is -1.47. The van der Waals surface area contributed by atoms with Crippen molar-refractivity contribution in [1.29, 1.82) is 0 Å². The van der Waals surface area contributed by atoms with E-state index in [2.05, 4.69) is 4.90 Å². The minimum absolute atomic E-state index is 0.456. The fraction of sp³-hybridized carbons (Fsp3) is 0.286.